The van der Waals surface area contributed by atoms with Gasteiger partial charge in [0.25, 0.3) is 0 Å². The van der Waals surface area contributed by atoms with Crippen LogP contribution in [0.15, 0.2) is 183 Å². The van der Waals surface area contributed by atoms with Crippen molar-refractivity contribution >= 4 is 10.8 Å². The van der Waals surface area contributed by atoms with Crippen molar-refractivity contribution in [2.45, 2.75) is 40.0 Å². The van der Waals surface area contributed by atoms with Gasteiger partial charge in [0.1, 0.15) is 0 Å². The topological polar surface area (TPSA) is 38.7 Å². The molecule has 0 aliphatic rings. The largest absolute Gasteiger partial charge is 0.305 e. The SMILES string of the molecule is Cc1ccc(-c2cc(-c3ccccc3)cc(-c3ccc(-c4cc[c-]c(-c5cc(C(C)(C)C)ccn5)c4)c4ccncc34)c2)cc1.Cc1ccnc(-c2[c-]cccc2)c1.[Ir]. The van der Waals surface area contributed by atoms with Gasteiger partial charge in [-0.1, -0.05) is 111 Å². The predicted molar refractivity (Wildman–Crippen MR) is 242 cm³/mol. The molecule has 59 heavy (non-hydrogen) atoms. The van der Waals surface area contributed by atoms with E-state index in [2.05, 4.69) is 178 Å². The summed E-state index contributed by atoms with van der Waals surface area (Å²) in [6.45, 7) is 10.9. The summed E-state index contributed by atoms with van der Waals surface area (Å²) in [7, 11) is 0. The normalized spacial score (nSPS) is 11.0. The average Bonchev–Trinajstić information content (AvgIpc) is 3.27. The smallest absolute Gasteiger partial charge is 0.0352 e. The van der Waals surface area contributed by atoms with Crippen molar-refractivity contribution in [2.24, 2.45) is 0 Å². The second kappa shape index (κ2) is 18.1. The first-order valence-corrected chi connectivity index (χ1v) is 19.7. The standard InChI is InChI=1S/C43H35N2.C12H10N.Ir/c1-29-13-15-31(16-14-29)35-24-34(30-9-6-5-7-10-30)25-36(26-35)39-18-17-38(40-20-21-44-28-41(39)40)32-11-8-12-33(23-32)42-27-37(19-22-45-42)43(2,3)4;1-10-7-8-13-12(9-10)11-5-3-2-4-6-11;/h5-11,13-28H,1-4H3;2-5,7-9H,1H3;/q2*-1;. The molecule has 0 spiro atoms. The van der Waals surface area contributed by atoms with Gasteiger partial charge in [-0.05, 0) is 117 Å². The van der Waals surface area contributed by atoms with Crippen molar-refractivity contribution in [1.29, 1.82) is 0 Å². The second-order valence-corrected chi connectivity index (χ2v) is 15.8. The van der Waals surface area contributed by atoms with E-state index in [-0.39, 0.29) is 25.5 Å². The molecule has 0 aliphatic carbocycles. The van der Waals surface area contributed by atoms with Crippen molar-refractivity contribution in [3.8, 4) is 67.0 Å². The minimum Gasteiger partial charge on any atom is -0.305 e. The van der Waals surface area contributed by atoms with Gasteiger partial charge in [0.2, 0.25) is 0 Å². The van der Waals surface area contributed by atoms with E-state index in [9.17, 15) is 0 Å². The predicted octanol–water partition coefficient (Wildman–Crippen LogP) is 14.2. The first kappa shape index (κ1) is 40.9. The molecule has 0 saturated heterocycles. The Morgan fingerprint density at radius 3 is 1.78 bits per heavy atom. The zero-order valence-electron chi connectivity index (χ0n) is 34.0. The van der Waals surface area contributed by atoms with Gasteiger partial charge in [0, 0.05) is 50.3 Å². The van der Waals surface area contributed by atoms with Crippen molar-refractivity contribution in [2.75, 3.05) is 0 Å². The second-order valence-electron chi connectivity index (χ2n) is 15.8. The van der Waals surface area contributed by atoms with Crippen LogP contribution in [0.2, 0.25) is 0 Å². The van der Waals surface area contributed by atoms with E-state index in [1.807, 2.05) is 61.2 Å². The van der Waals surface area contributed by atoms with Gasteiger partial charge in [-0.2, -0.15) is 0 Å². The molecule has 0 amide bonds. The van der Waals surface area contributed by atoms with Gasteiger partial charge in [-0.25, -0.2) is 0 Å². The van der Waals surface area contributed by atoms with Crippen LogP contribution in [0.1, 0.15) is 37.5 Å². The molecular formula is C55H45IrN3-2. The van der Waals surface area contributed by atoms with Gasteiger partial charge < -0.3 is 9.97 Å². The molecule has 3 nitrogen and oxygen atoms in total. The Bertz CT molecular complexity index is 2820. The maximum Gasteiger partial charge on any atom is 0.0352 e. The minimum absolute atomic E-state index is 0. The quantitative estimate of drug-likeness (QED) is 0.156. The minimum atomic E-state index is 0. The zero-order chi connectivity index (χ0) is 40.1. The molecule has 0 unspecified atom stereocenters. The van der Waals surface area contributed by atoms with Crippen LogP contribution in [-0.2, 0) is 25.5 Å². The van der Waals surface area contributed by atoms with Gasteiger partial charge in [-0.3, -0.25) is 4.98 Å². The molecule has 0 atom stereocenters. The van der Waals surface area contributed by atoms with Crippen molar-refractivity contribution < 1.29 is 20.1 Å². The van der Waals surface area contributed by atoms with Crippen molar-refractivity contribution in [3.63, 3.8) is 0 Å². The number of hydrogen-bond acceptors (Lipinski definition) is 3. The van der Waals surface area contributed by atoms with E-state index in [4.69, 9.17) is 4.98 Å². The Labute approximate surface area is 362 Å². The molecule has 0 aliphatic heterocycles. The van der Waals surface area contributed by atoms with E-state index in [0.717, 1.165) is 50.0 Å². The first-order valence-electron chi connectivity index (χ1n) is 19.7. The monoisotopic (exact) mass is 940 g/mol. The van der Waals surface area contributed by atoms with Gasteiger partial charge in [-0.15, -0.1) is 71.3 Å². The van der Waals surface area contributed by atoms with Crippen LogP contribution >= 0.6 is 0 Å². The van der Waals surface area contributed by atoms with E-state index in [1.165, 1.54) is 44.5 Å². The Kier molecular flexibility index (Phi) is 12.5. The van der Waals surface area contributed by atoms with Crippen molar-refractivity contribution in [1.82, 2.24) is 15.0 Å². The molecular weight excluding hydrogens is 895 g/mol. The molecule has 0 bridgehead atoms. The summed E-state index contributed by atoms with van der Waals surface area (Å²) < 4.78 is 0. The van der Waals surface area contributed by atoms with Crippen molar-refractivity contribution in [3.05, 3.63) is 211 Å². The Balaban J connectivity index is 0.000000321. The van der Waals surface area contributed by atoms with Gasteiger partial charge >= 0.3 is 0 Å². The maximum absolute atomic E-state index is 4.70. The average molecular weight is 940 g/mol. The number of hydrogen-bond donors (Lipinski definition) is 0. The van der Waals surface area contributed by atoms with Crippen LogP contribution in [0.5, 0.6) is 0 Å². The summed E-state index contributed by atoms with van der Waals surface area (Å²) in [5, 5.41) is 2.29. The summed E-state index contributed by atoms with van der Waals surface area (Å²) in [4.78, 5) is 13.6. The van der Waals surface area contributed by atoms with E-state index < -0.39 is 0 Å². The Hall–Kier alpha value is -6.32. The number of aryl methyl sites for hydroxylation is 2. The van der Waals surface area contributed by atoms with E-state index in [0.29, 0.717) is 0 Å². The third kappa shape index (κ3) is 9.53. The molecule has 0 fully saturated rings. The molecule has 9 aromatic rings. The van der Waals surface area contributed by atoms with Crippen LogP contribution in [0, 0.1) is 26.0 Å². The number of benzene rings is 6. The third-order valence-corrected chi connectivity index (χ3v) is 10.5. The van der Waals surface area contributed by atoms with Crippen LogP contribution in [0.4, 0.5) is 0 Å². The molecule has 4 heteroatoms. The summed E-state index contributed by atoms with van der Waals surface area (Å²) in [6.07, 6.45) is 7.61. The molecule has 1 radical (unpaired) electrons. The molecule has 6 aromatic carbocycles. The number of nitrogens with zero attached hydrogens (tertiary/aromatic N) is 3. The first-order chi connectivity index (χ1) is 28.2. The molecule has 291 valence electrons. The fourth-order valence-corrected chi connectivity index (χ4v) is 7.25. The number of aromatic nitrogens is 3. The third-order valence-electron chi connectivity index (χ3n) is 10.5. The molecule has 3 heterocycles. The van der Waals surface area contributed by atoms with Crippen LogP contribution in [0.3, 0.4) is 0 Å². The summed E-state index contributed by atoms with van der Waals surface area (Å²) in [5.41, 5.74) is 17.2. The molecule has 9 rings (SSSR count). The summed E-state index contributed by atoms with van der Waals surface area (Å²) in [5.74, 6) is 0. The van der Waals surface area contributed by atoms with Gasteiger partial charge in [0.15, 0.2) is 0 Å². The molecule has 0 saturated carbocycles. The maximum atomic E-state index is 4.70. The summed E-state index contributed by atoms with van der Waals surface area (Å²) >= 11 is 0. The number of fused-ring (bicyclic) bond motifs is 1. The Morgan fingerprint density at radius 1 is 0.441 bits per heavy atom. The molecule has 3 aromatic heterocycles. The summed E-state index contributed by atoms with van der Waals surface area (Å²) in [6, 6.07) is 62.1. The van der Waals surface area contributed by atoms with E-state index in [1.54, 1.807) is 0 Å². The van der Waals surface area contributed by atoms with Crippen LogP contribution in [-0.4, -0.2) is 15.0 Å². The van der Waals surface area contributed by atoms with Crippen LogP contribution < -0.4 is 0 Å². The van der Waals surface area contributed by atoms with Gasteiger partial charge in [0.05, 0.1) is 0 Å². The fraction of sp³-hybridized carbons (Fsp3) is 0.109. The molecule has 0 N–H and O–H groups in total. The fourth-order valence-electron chi connectivity index (χ4n) is 7.25. The number of pyridine rings is 3. The Morgan fingerprint density at radius 2 is 1.08 bits per heavy atom. The number of rotatable bonds is 6. The van der Waals surface area contributed by atoms with E-state index >= 15 is 0 Å². The zero-order valence-corrected chi connectivity index (χ0v) is 36.4. The van der Waals surface area contributed by atoms with Crippen LogP contribution in [0.25, 0.3) is 77.8 Å².